The number of thiophene rings is 1. The summed E-state index contributed by atoms with van der Waals surface area (Å²) in [6.07, 6.45) is 0. The van der Waals surface area contributed by atoms with Gasteiger partial charge in [0.15, 0.2) is 0 Å². The van der Waals surface area contributed by atoms with Gasteiger partial charge in [-0.25, -0.2) is 4.79 Å². The van der Waals surface area contributed by atoms with Crippen LogP contribution in [0.5, 0.6) is 0 Å². The number of nitrogens with zero attached hydrogens (tertiary/aromatic N) is 2. The third-order valence-electron chi connectivity index (χ3n) is 4.31. The van der Waals surface area contributed by atoms with Crippen LogP contribution >= 0.6 is 22.9 Å². The van der Waals surface area contributed by atoms with Gasteiger partial charge in [0.05, 0.1) is 10.4 Å². The summed E-state index contributed by atoms with van der Waals surface area (Å²) in [5.74, 6) is 0. The lowest BCUT2D eigenvalue weighted by molar-refractivity contribution is 0.134. The summed E-state index contributed by atoms with van der Waals surface area (Å²) < 4.78 is 0.831. The van der Waals surface area contributed by atoms with Gasteiger partial charge in [0.1, 0.15) is 0 Å². The van der Waals surface area contributed by atoms with Crippen LogP contribution in [0.4, 0.5) is 4.79 Å². The molecule has 1 aliphatic heterocycles. The summed E-state index contributed by atoms with van der Waals surface area (Å²) in [5.41, 5.74) is 1.12. The van der Waals surface area contributed by atoms with Crippen LogP contribution in [-0.4, -0.2) is 42.0 Å². The Balaban J connectivity index is 1.46. The van der Waals surface area contributed by atoms with Crippen molar-refractivity contribution in [3.8, 4) is 0 Å². The second-order valence-electron chi connectivity index (χ2n) is 6.05. The van der Waals surface area contributed by atoms with Crippen molar-refractivity contribution in [3.05, 3.63) is 57.2 Å². The molecule has 2 amide bonds. The molecule has 1 aromatic heterocycles. The molecule has 1 fully saturated rings. The minimum absolute atomic E-state index is 0.0185. The average Bonchev–Trinajstić information content (AvgIpc) is 3.01. The quantitative estimate of drug-likeness (QED) is 0.891. The molecular formula is C18H22ClN3OS. The molecule has 0 saturated carbocycles. The van der Waals surface area contributed by atoms with E-state index < -0.39 is 0 Å². The fraction of sp³-hybridized carbons (Fsp3) is 0.389. The summed E-state index contributed by atoms with van der Waals surface area (Å²) in [4.78, 5) is 18.0. The first kappa shape index (κ1) is 17.3. The fourth-order valence-corrected chi connectivity index (χ4v) is 4.00. The summed E-state index contributed by atoms with van der Waals surface area (Å²) in [7, 11) is 0. The molecule has 3 rings (SSSR count). The monoisotopic (exact) mass is 363 g/mol. The molecule has 1 aromatic carbocycles. The maximum Gasteiger partial charge on any atom is 0.317 e. The highest BCUT2D eigenvalue weighted by Gasteiger charge is 2.22. The van der Waals surface area contributed by atoms with Crippen molar-refractivity contribution in [1.29, 1.82) is 0 Å². The zero-order valence-electron chi connectivity index (χ0n) is 13.7. The molecule has 0 spiro atoms. The number of nitrogens with one attached hydrogen (secondary N) is 1. The highest BCUT2D eigenvalue weighted by Crippen LogP contribution is 2.23. The largest absolute Gasteiger partial charge is 0.331 e. The zero-order valence-corrected chi connectivity index (χ0v) is 15.3. The Kier molecular flexibility index (Phi) is 5.76. The summed E-state index contributed by atoms with van der Waals surface area (Å²) in [6.45, 7) is 6.22. The number of hydrogen-bond donors (Lipinski definition) is 1. The van der Waals surface area contributed by atoms with E-state index in [-0.39, 0.29) is 12.1 Å². The number of benzene rings is 1. The second-order valence-corrected chi connectivity index (χ2v) is 7.85. The molecule has 0 aliphatic carbocycles. The molecule has 128 valence electrons. The molecule has 1 N–H and O–H groups in total. The maximum absolute atomic E-state index is 12.4. The number of amides is 2. The van der Waals surface area contributed by atoms with E-state index in [2.05, 4.69) is 16.3 Å². The van der Waals surface area contributed by atoms with Gasteiger partial charge in [0.2, 0.25) is 0 Å². The standard InChI is InChI=1S/C18H22ClN3OS/c1-14(15-5-3-2-4-6-15)20-18(23)22-11-9-21(10-12-22)13-16-7-8-17(19)24-16/h2-8,14H,9-13H2,1H3,(H,20,23). The van der Waals surface area contributed by atoms with Gasteiger partial charge in [-0.2, -0.15) is 0 Å². The summed E-state index contributed by atoms with van der Waals surface area (Å²) in [6, 6.07) is 14.1. The van der Waals surface area contributed by atoms with Crippen LogP contribution in [0.25, 0.3) is 0 Å². The number of carbonyl (C=O) groups is 1. The molecule has 24 heavy (non-hydrogen) atoms. The van der Waals surface area contributed by atoms with Crippen molar-refractivity contribution in [1.82, 2.24) is 15.1 Å². The molecule has 1 aliphatic rings. The minimum atomic E-state index is 0.0185. The van der Waals surface area contributed by atoms with Crippen LogP contribution < -0.4 is 5.32 Å². The Morgan fingerprint density at radius 1 is 1.17 bits per heavy atom. The van der Waals surface area contributed by atoms with Gasteiger partial charge in [-0.3, -0.25) is 4.90 Å². The van der Waals surface area contributed by atoms with Crippen LogP contribution in [0.1, 0.15) is 23.4 Å². The predicted octanol–water partition coefficient (Wildman–Crippen LogP) is 3.99. The SMILES string of the molecule is CC(NC(=O)N1CCN(Cc2ccc(Cl)s2)CC1)c1ccccc1. The van der Waals surface area contributed by atoms with Gasteiger partial charge >= 0.3 is 6.03 Å². The van der Waals surface area contributed by atoms with Crippen LogP contribution in [0.15, 0.2) is 42.5 Å². The van der Waals surface area contributed by atoms with E-state index in [1.54, 1.807) is 11.3 Å². The Morgan fingerprint density at radius 3 is 2.50 bits per heavy atom. The van der Waals surface area contributed by atoms with E-state index in [4.69, 9.17) is 11.6 Å². The van der Waals surface area contributed by atoms with Gasteiger partial charge < -0.3 is 10.2 Å². The molecule has 0 radical (unpaired) electrons. The molecular weight excluding hydrogens is 342 g/mol. The van der Waals surface area contributed by atoms with Crippen molar-refractivity contribution >= 4 is 29.0 Å². The van der Waals surface area contributed by atoms with Gasteiger partial charge in [-0.1, -0.05) is 41.9 Å². The molecule has 2 heterocycles. The maximum atomic E-state index is 12.4. The normalized spacial score (nSPS) is 16.8. The molecule has 1 unspecified atom stereocenters. The summed E-state index contributed by atoms with van der Waals surface area (Å²) in [5, 5.41) is 3.09. The molecule has 0 bridgehead atoms. The van der Waals surface area contributed by atoms with Gasteiger partial charge in [0, 0.05) is 37.6 Å². The van der Waals surface area contributed by atoms with Crippen LogP contribution in [-0.2, 0) is 6.54 Å². The third-order valence-corrected chi connectivity index (χ3v) is 5.52. The van der Waals surface area contributed by atoms with Gasteiger partial charge in [-0.05, 0) is 24.6 Å². The van der Waals surface area contributed by atoms with Crippen LogP contribution in [0.2, 0.25) is 4.34 Å². The highest BCUT2D eigenvalue weighted by atomic mass is 35.5. The first-order valence-electron chi connectivity index (χ1n) is 8.19. The molecule has 2 aromatic rings. The van der Waals surface area contributed by atoms with Crippen molar-refractivity contribution in [2.75, 3.05) is 26.2 Å². The molecule has 6 heteroatoms. The molecule has 1 saturated heterocycles. The Bertz CT molecular complexity index is 668. The lowest BCUT2D eigenvalue weighted by atomic mass is 10.1. The van der Waals surface area contributed by atoms with Crippen molar-refractivity contribution in [2.24, 2.45) is 0 Å². The third kappa shape index (κ3) is 4.50. The van der Waals surface area contributed by atoms with E-state index in [1.807, 2.05) is 48.2 Å². The van der Waals surface area contributed by atoms with Crippen LogP contribution in [0.3, 0.4) is 0 Å². The fourth-order valence-electron chi connectivity index (χ4n) is 2.87. The number of urea groups is 1. The van der Waals surface area contributed by atoms with Gasteiger partial charge in [-0.15, -0.1) is 11.3 Å². The first-order chi connectivity index (χ1) is 11.6. The summed E-state index contributed by atoms with van der Waals surface area (Å²) >= 11 is 7.61. The number of halogens is 1. The Hall–Kier alpha value is -1.56. The average molecular weight is 364 g/mol. The number of piperazine rings is 1. The number of hydrogen-bond acceptors (Lipinski definition) is 3. The lowest BCUT2D eigenvalue weighted by Crippen LogP contribution is -2.51. The molecule has 1 atom stereocenters. The van der Waals surface area contributed by atoms with E-state index in [1.165, 1.54) is 4.88 Å². The number of rotatable bonds is 4. The van der Waals surface area contributed by atoms with Crippen LogP contribution in [0, 0.1) is 0 Å². The topological polar surface area (TPSA) is 35.6 Å². The van der Waals surface area contributed by atoms with Crippen molar-refractivity contribution < 1.29 is 4.79 Å². The van der Waals surface area contributed by atoms with E-state index in [9.17, 15) is 4.79 Å². The van der Waals surface area contributed by atoms with E-state index in [0.717, 1.165) is 42.6 Å². The smallest absolute Gasteiger partial charge is 0.317 e. The minimum Gasteiger partial charge on any atom is -0.331 e. The first-order valence-corrected chi connectivity index (χ1v) is 9.38. The number of carbonyl (C=O) groups excluding carboxylic acids is 1. The van der Waals surface area contributed by atoms with E-state index >= 15 is 0 Å². The Labute approximate surface area is 152 Å². The van der Waals surface area contributed by atoms with E-state index in [0.29, 0.717) is 0 Å². The molecule has 4 nitrogen and oxygen atoms in total. The van der Waals surface area contributed by atoms with Gasteiger partial charge in [0.25, 0.3) is 0 Å². The lowest BCUT2D eigenvalue weighted by Gasteiger charge is -2.35. The predicted molar refractivity (Wildman–Crippen MR) is 99.6 cm³/mol. The van der Waals surface area contributed by atoms with Crippen molar-refractivity contribution in [2.45, 2.75) is 19.5 Å². The Morgan fingerprint density at radius 2 is 1.88 bits per heavy atom. The van der Waals surface area contributed by atoms with Crippen molar-refractivity contribution in [3.63, 3.8) is 0 Å². The second kappa shape index (κ2) is 8.01. The highest BCUT2D eigenvalue weighted by molar-refractivity contribution is 7.16. The zero-order chi connectivity index (χ0) is 16.9.